The number of aromatic nitrogens is 4. The number of rotatable bonds is 20. The van der Waals surface area contributed by atoms with Crippen molar-refractivity contribution in [3.63, 3.8) is 0 Å². The number of hydrogen-bond donors (Lipinski definition) is 9. The van der Waals surface area contributed by atoms with Crippen molar-refractivity contribution in [1.82, 2.24) is 30.2 Å². The second-order valence-corrected chi connectivity index (χ2v) is 17.7. The van der Waals surface area contributed by atoms with Gasteiger partial charge in [-0.3, -0.25) is 32.5 Å². The lowest BCUT2D eigenvalue weighted by Crippen LogP contribution is -2.46. The number of anilines is 1. The van der Waals surface area contributed by atoms with E-state index >= 15 is 0 Å². The maximum atomic E-state index is 12.6. The number of ether oxygens (including phenoxy) is 1. The highest BCUT2D eigenvalue weighted by Crippen LogP contribution is 2.61. The van der Waals surface area contributed by atoms with Gasteiger partial charge in [-0.15, -0.1) is 0 Å². The predicted molar refractivity (Wildman–Crippen MR) is 182 cm³/mol. The van der Waals surface area contributed by atoms with Gasteiger partial charge in [0.15, 0.2) is 22.8 Å². The summed E-state index contributed by atoms with van der Waals surface area (Å²) in [6, 6.07) is 0. The largest absolute Gasteiger partial charge is 0.481 e. The fraction of sp³-hybridized carbons (Fsp3) is 0.680. The van der Waals surface area contributed by atoms with Crippen LogP contribution in [0.2, 0.25) is 0 Å². The Hall–Kier alpha value is -2.44. The molecule has 2 amide bonds. The van der Waals surface area contributed by atoms with E-state index in [0.29, 0.717) is 5.75 Å². The molecule has 300 valence electrons. The lowest BCUT2D eigenvalue weighted by molar-refractivity contribution is -0.137. The molecule has 2 aromatic heterocycles. The van der Waals surface area contributed by atoms with Gasteiger partial charge >= 0.3 is 23.5 Å². The highest BCUT2D eigenvalue weighted by atomic mass is 32.2. The number of nitrogens with two attached hydrogens (primary N) is 1. The minimum Gasteiger partial charge on any atom is -0.386 e. The number of amides is 2. The molecule has 1 aliphatic rings. The monoisotopic (exact) mass is 837 g/mol. The fourth-order valence-electron chi connectivity index (χ4n) is 4.45. The molecule has 4 unspecified atom stereocenters. The number of aliphatic hydroxyl groups is 2. The quantitative estimate of drug-likeness (QED) is 0.0589. The van der Waals surface area contributed by atoms with Crippen molar-refractivity contribution in [2.24, 2.45) is 11.3 Å². The Labute approximate surface area is 306 Å². The number of nitrogen functional groups attached to an aromatic ring is 1. The van der Waals surface area contributed by atoms with Crippen LogP contribution in [-0.2, 0) is 50.7 Å². The number of hydrogen-bond acceptors (Lipinski definition) is 18. The van der Waals surface area contributed by atoms with Crippen molar-refractivity contribution in [2.45, 2.75) is 64.8 Å². The van der Waals surface area contributed by atoms with E-state index < -0.39 is 84.6 Å². The van der Waals surface area contributed by atoms with Gasteiger partial charge in [-0.25, -0.2) is 28.6 Å². The smallest absolute Gasteiger partial charge is 0.386 e. The Balaban J connectivity index is 1.52. The third-order valence-electron chi connectivity index (χ3n) is 7.22. The van der Waals surface area contributed by atoms with Crippen molar-refractivity contribution < 1.29 is 80.5 Å². The number of aliphatic hydroxyl groups excluding tert-OH is 2. The molecule has 0 spiro atoms. The first-order valence-corrected chi connectivity index (χ1v) is 21.0. The van der Waals surface area contributed by atoms with E-state index in [9.17, 15) is 57.9 Å². The molecule has 1 fully saturated rings. The Morgan fingerprint density at radius 2 is 1.72 bits per heavy atom. The van der Waals surface area contributed by atoms with Crippen LogP contribution in [0.3, 0.4) is 0 Å². The average Bonchev–Trinajstić information content (AvgIpc) is 3.60. The van der Waals surface area contributed by atoms with Crippen LogP contribution in [0.25, 0.3) is 11.2 Å². The van der Waals surface area contributed by atoms with Crippen LogP contribution in [0.4, 0.5) is 5.82 Å². The van der Waals surface area contributed by atoms with Crippen LogP contribution < -0.4 is 16.4 Å². The lowest BCUT2D eigenvalue weighted by atomic mass is 9.87. The van der Waals surface area contributed by atoms with Gasteiger partial charge in [-0.2, -0.15) is 4.31 Å². The second-order valence-electron chi connectivity index (χ2n) is 12.4. The van der Waals surface area contributed by atoms with Gasteiger partial charge in [0.05, 0.1) is 19.5 Å². The Bertz CT molecular complexity index is 1760. The van der Waals surface area contributed by atoms with E-state index in [1.165, 1.54) is 13.8 Å². The molecular weight excluding hydrogens is 795 g/mol. The molecule has 1 saturated heterocycles. The van der Waals surface area contributed by atoms with Gasteiger partial charge in [0.1, 0.15) is 36.3 Å². The zero-order valence-electron chi connectivity index (χ0n) is 28.7. The first kappa shape index (κ1) is 45.0. The fourth-order valence-corrected chi connectivity index (χ4v) is 8.02. The van der Waals surface area contributed by atoms with Gasteiger partial charge in [0.25, 0.3) is 0 Å². The molecule has 0 bridgehead atoms. The van der Waals surface area contributed by atoms with E-state index in [-0.39, 0.29) is 47.5 Å². The number of thioether (sulfide) groups is 1. The predicted octanol–water partition coefficient (Wildman–Crippen LogP) is -0.679. The van der Waals surface area contributed by atoms with Gasteiger partial charge in [0.2, 0.25) is 11.8 Å². The Morgan fingerprint density at radius 1 is 1.06 bits per heavy atom. The van der Waals surface area contributed by atoms with Crippen LogP contribution in [0.15, 0.2) is 12.7 Å². The third-order valence-corrected chi connectivity index (χ3v) is 11.5. The SMILES string of the molecule is CC(C)C(=O)SCCNC(=O)CCNC(=O)C(O)C(C)(C)COP(=O)(O)OP(=O)(O)OC[C@H]1OC(n2cnc3c(N)ncnc32)[C@H](O)[C@@H]1OP(=O)(O)O. The normalized spacial score (nSPS) is 22.3. The van der Waals surface area contributed by atoms with Crippen molar-refractivity contribution in [1.29, 1.82) is 0 Å². The summed E-state index contributed by atoms with van der Waals surface area (Å²) in [7, 11) is -16.4. The van der Waals surface area contributed by atoms with E-state index in [1.54, 1.807) is 13.8 Å². The van der Waals surface area contributed by atoms with Crippen molar-refractivity contribution >= 4 is 69.1 Å². The van der Waals surface area contributed by atoms with Crippen molar-refractivity contribution in [3.8, 4) is 0 Å². The number of imidazole rings is 1. The minimum absolute atomic E-state index is 0.0174. The molecule has 2 aromatic rings. The summed E-state index contributed by atoms with van der Waals surface area (Å²) in [4.78, 5) is 86.9. The zero-order valence-corrected chi connectivity index (χ0v) is 32.2. The summed E-state index contributed by atoms with van der Waals surface area (Å²) in [5, 5.41) is 26.3. The maximum absolute atomic E-state index is 12.6. The highest BCUT2D eigenvalue weighted by Gasteiger charge is 2.50. The van der Waals surface area contributed by atoms with Crippen LogP contribution >= 0.6 is 35.2 Å². The number of fused-ring (bicyclic) bond motifs is 1. The zero-order chi connectivity index (χ0) is 39.9. The molecule has 24 nitrogen and oxygen atoms in total. The topological polar surface area (TPSA) is 364 Å². The summed E-state index contributed by atoms with van der Waals surface area (Å²) in [5.41, 5.74) is 4.26. The first-order valence-electron chi connectivity index (χ1n) is 15.5. The molecule has 53 heavy (non-hydrogen) atoms. The number of nitrogens with one attached hydrogen (secondary N) is 2. The van der Waals surface area contributed by atoms with Crippen molar-refractivity contribution in [2.75, 3.05) is 37.8 Å². The molecule has 1 aliphatic heterocycles. The van der Waals surface area contributed by atoms with E-state index in [0.717, 1.165) is 29.0 Å². The number of nitrogens with zero attached hydrogens (tertiary/aromatic N) is 4. The molecule has 28 heteroatoms. The maximum Gasteiger partial charge on any atom is 0.481 e. The molecule has 0 radical (unpaired) electrons. The molecule has 7 atom stereocenters. The van der Waals surface area contributed by atoms with Gasteiger partial charge < -0.3 is 50.9 Å². The summed E-state index contributed by atoms with van der Waals surface area (Å²) in [6.07, 6.45) is -6.89. The molecule has 0 aromatic carbocycles. The molecule has 0 saturated carbocycles. The van der Waals surface area contributed by atoms with Crippen LogP contribution in [-0.4, -0.2) is 123 Å². The van der Waals surface area contributed by atoms with Crippen LogP contribution in [0, 0.1) is 11.3 Å². The van der Waals surface area contributed by atoms with Gasteiger partial charge in [-0.1, -0.05) is 39.5 Å². The summed E-state index contributed by atoms with van der Waals surface area (Å²) < 4.78 is 61.9. The van der Waals surface area contributed by atoms with Crippen LogP contribution in [0.5, 0.6) is 0 Å². The van der Waals surface area contributed by atoms with Gasteiger partial charge in [0, 0.05) is 36.6 Å². The van der Waals surface area contributed by atoms with Crippen LogP contribution in [0.1, 0.15) is 40.3 Å². The Morgan fingerprint density at radius 3 is 2.36 bits per heavy atom. The number of phosphoric acid groups is 3. The first-order chi connectivity index (χ1) is 24.4. The minimum atomic E-state index is -5.56. The summed E-state index contributed by atoms with van der Waals surface area (Å²) in [5.74, 6) is -1.22. The Kier molecular flexibility index (Phi) is 15.7. The molecule has 3 rings (SSSR count). The number of carbonyl (C=O) groups excluding carboxylic acids is 3. The molecule has 0 aliphatic carbocycles. The van der Waals surface area contributed by atoms with E-state index in [1.807, 2.05) is 0 Å². The summed E-state index contributed by atoms with van der Waals surface area (Å²) in [6.45, 7) is 4.03. The number of carbonyl (C=O) groups is 3. The average molecular weight is 838 g/mol. The standard InChI is InChI=1S/C25H42N7O17P3S/c1-13(2)24(37)53-8-7-27-15(33)5-6-28-22(36)19(35)25(3,4)10-46-52(43,44)49-51(41,42)45-9-14-18(48-50(38,39)40)17(34)23(47-14)32-12-31-16-20(26)29-11-30-21(16)32/h11-14,17-19,23,34-35H,5-10H2,1-4H3,(H,27,33)(H,28,36)(H,41,42)(H,43,44)(H2,26,29,30)(H2,38,39,40)/t14-,17-,18-,19?,23?/m1/s1. The summed E-state index contributed by atoms with van der Waals surface area (Å²) >= 11 is 1.08. The third kappa shape index (κ3) is 13.4. The molecular formula is C25H42N7O17P3S. The van der Waals surface area contributed by atoms with E-state index in [4.69, 9.17) is 19.5 Å². The van der Waals surface area contributed by atoms with Crippen molar-refractivity contribution in [3.05, 3.63) is 12.7 Å². The molecule has 3 heterocycles. The lowest BCUT2D eigenvalue weighted by Gasteiger charge is -2.30. The molecule has 10 N–H and O–H groups in total. The van der Waals surface area contributed by atoms with E-state index in [2.05, 4.69) is 34.4 Å². The highest BCUT2D eigenvalue weighted by molar-refractivity contribution is 8.13. The number of phosphoric ester groups is 3. The second kappa shape index (κ2) is 18.5. The van der Waals surface area contributed by atoms with Gasteiger partial charge in [-0.05, 0) is 0 Å².